The molecule has 0 aromatic carbocycles. The molecule has 2 rings (SSSR count). The first kappa shape index (κ1) is 7.87. The van der Waals surface area contributed by atoms with Crippen molar-refractivity contribution in [3.63, 3.8) is 0 Å². The summed E-state index contributed by atoms with van der Waals surface area (Å²) in [6.45, 7) is 2.29. The molecule has 3 unspecified atom stereocenters. The molecule has 0 spiro atoms. The summed E-state index contributed by atoms with van der Waals surface area (Å²) in [5.41, 5.74) is 0. The Kier molecular flexibility index (Phi) is 1.93. The molecule has 1 aromatic rings. The number of nitrogens with one attached hydrogen (secondary N) is 1. The molecule has 0 amide bonds. The van der Waals surface area contributed by atoms with Crippen molar-refractivity contribution in [1.29, 1.82) is 0 Å². The van der Waals surface area contributed by atoms with Crippen LogP contribution in [0.4, 0.5) is 0 Å². The van der Waals surface area contributed by atoms with E-state index in [0.717, 1.165) is 17.6 Å². The van der Waals surface area contributed by atoms with Crippen molar-refractivity contribution in [3.05, 3.63) is 24.2 Å². The highest BCUT2D eigenvalue weighted by atomic mass is 16.3. The van der Waals surface area contributed by atoms with Crippen LogP contribution in [0.5, 0.6) is 0 Å². The van der Waals surface area contributed by atoms with Gasteiger partial charge in [0.05, 0.1) is 12.3 Å². The Morgan fingerprint density at radius 2 is 2.42 bits per heavy atom. The molecule has 1 aliphatic rings. The summed E-state index contributed by atoms with van der Waals surface area (Å²) in [4.78, 5) is 0. The predicted octanol–water partition coefficient (Wildman–Crippen LogP) is 2.20. The fourth-order valence-electron chi connectivity index (χ4n) is 1.85. The maximum atomic E-state index is 5.37. The average Bonchev–Trinajstić information content (AvgIpc) is 2.60. The molecule has 3 atom stereocenters. The predicted molar refractivity (Wildman–Crippen MR) is 47.8 cm³/mol. The summed E-state index contributed by atoms with van der Waals surface area (Å²) in [6, 6.07) is 4.42. The number of hydrogen-bond acceptors (Lipinski definition) is 2. The summed E-state index contributed by atoms with van der Waals surface area (Å²) >= 11 is 0. The molecule has 2 nitrogen and oxygen atoms in total. The zero-order chi connectivity index (χ0) is 8.55. The summed E-state index contributed by atoms with van der Waals surface area (Å²) < 4.78 is 5.37. The van der Waals surface area contributed by atoms with Crippen molar-refractivity contribution in [2.24, 2.45) is 11.8 Å². The van der Waals surface area contributed by atoms with Gasteiger partial charge in [0.1, 0.15) is 5.76 Å². The standard InChI is InChI=1S/C10H15NO/c1-7-6-8(7)10(11-2)9-4-3-5-12-9/h3-5,7-8,10-11H,6H2,1-2H3. The van der Waals surface area contributed by atoms with Gasteiger partial charge >= 0.3 is 0 Å². The van der Waals surface area contributed by atoms with Crippen LogP contribution in [0.2, 0.25) is 0 Å². The maximum Gasteiger partial charge on any atom is 0.120 e. The van der Waals surface area contributed by atoms with E-state index in [0.29, 0.717) is 6.04 Å². The lowest BCUT2D eigenvalue weighted by atomic mass is 10.1. The Bertz CT molecular complexity index is 242. The normalized spacial score (nSPS) is 30.2. The van der Waals surface area contributed by atoms with E-state index in [1.54, 1.807) is 6.26 Å². The van der Waals surface area contributed by atoms with E-state index >= 15 is 0 Å². The Labute approximate surface area is 73.0 Å². The van der Waals surface area contributed by atoms with E-state index in [9.17, 15) is 0 Å². The second-order valence-electron chi connectivity index (χ2n) is 3.66. The molecule has 1 fully saturated rings. The van der Waals surface area contributed by atoms with Gasteiger partial charge in [-0.3, -0.25) is 0 Å². The van der Waals surface area contributed by atoms with E-state index in [1.807, 2.05) is 19.2 Å². The van der Waals surface area contributed by atoms with Crippen molar-refractivity contribution < 1.29 is 4.42 Å². The number of rotatable bonds is 3. The third-order valence-corrected chi connectivity index (χ3v) is 2.76. The van der Waals surface area contributed by atoms with Gasteiger partial charge in [-0.25, -0.2) is 0 Å². The Balaban J connectivity index is 2.09. The highest BCUT2D eigenvalue weighted by Crippen LogP contribution is 2.46. The molecule has 1 aromatic heterocycles. The minimum Gasteiger partial charge on any atom is -0.468 e. The van der Waals surface area contributed by atoms with Crippen molar-refractivity contribution in [3.8, 4) is 0 Å². The van der Waals surface area contributed by atoms with Gasteiger partial charge in [-0.2, -0.15) is 0 Å². The van der Waals surface area contributed by atoms with Crippen molar-refractivity contribution in [2.45, 2.75) is 19.4 Å². The highest BCUT2D eigenvalue weighted by molar-refractivity contribution is 5.09. The lowest BCUT2D eigenvalue weighted by Crippen LogP contribution is -2.18. The summed E-state index contributed by atoms with van der Waals surface area (Å²) in [5.74, 6) is 2.71. The van der Waals surface area contributed by atoms with Crippen molar-refractivity contribution >= 4 is 0 Å². The number of furan rings is 1. The van der Waals surface area contributed by atoms with Crippen LogP contribution in [0.3, 0.4) is 0 Å². The zero-order valence-electron chi connectivity index (χ0n) is 7.58. The fraction of sp³-hybridized carbons (Fsp3) is 0.600. The molecule has 0 bridgehead atoms. The van der Waals surface area contributed by atoms with Crippen LogP contribution in [-0.4, -0.2) is 7.05 Å². The van der Waals surface area contributed by atoms with Gasteiger partial charge in [0.2, 0.25) is 0 Å². The second-order valence-corrected chi connectivity index (χ2v) is 3.66. The Morgan fingerprint density at radius 3 is 2.83 bits per heavy atom. The fourth-order valence-corrected chi connectivity index (χ4v) is 1.85. The van der Waals surface area contributed by atoms with Gasteiger partial charge in [-0.1, -0.05) is 6.92 Å². The van der Waals surface area contributed by atoms with E-state index < -0.39 is 0 Å². The molecule has 1 heterocycles. The summed E-state index contributed by atoms with van der Waals surface area (Å²) in [5, 5.41) is 3.30. The van der Waals surface area contributed by atoms with E-state index in [1.165, 1.54) is 6.42 Å². The first-order valence-corrected chi connectivity index (χ1v) is 4.53. The van der Waals surface area contributed by atoms with Gasteiger partial charge in [0.15, 0.2) is 0 Å². The molecule has 0 radical (unpaired) electrons. The minimum atomic E-state index is 0.426. The van der Waals surface area contributed by atoms with Crippen LogP contribution < -0.4 is 5.32 Å². The van der Waals surface area contributed by atoms with Gasteiger partial charge in [0, 0.05) is 0 Å². The van der Waals surface area contributed by atoms with Gasteiger partial charge in [-0.15, -0.1) is 0 Å². The largest absolute Gasteiger partial charge is 0.468 e. The molecule has 1 saturated carbocycles. The Hall–Kier alpha value is -0.760. The van der Waals surface area contributed by atoms with Gasteiger partial charge < -0.3 is 9.73 Å². The Morgan fingerprint density at radius 1 is 1.67 bits per heavy atom. The molecule has 12 heavy (non-hydrogen) atoms. The zero-order valence-corrected chi connectivity index (χ0v) is 7.58. The quantitative estimate of drug-likeness (QED) is 0.742. The second kappa shape index (κ2) is 2.94. The van der Waals surface area contributed by atoms with Crippen LogP contribution >= 0.6 is 0 Å². The van der Waals surface area contributed by atoms with Gasteiger partial charge in [0.25, 0.3) is 0 Å². The lowest BCUT2D eigenvalue weighted by Gasteiger charge is -2.12. The molecular weight excluding hydrogens is 150 g/mol. The van der Waals surface area contributed by atoms with Crippen LogP contribution in [0.1, 0.15) is 25.1 Å². The van der Waals surface area contributed by atoms with E-state index in [4.69, 9.17) is 4.42 Å². The third kappa shape index (κ3) is 1.27. The molecule has 66 valence electrons. The van der Waals surface area contributed by atoms with Crippen molar-refractivity contribution in [2.75, 3.05) is 7.05 Å². The SMILES string of the molecule is CNC(c1ccco1)C1CC1C. The van der Waals surface area contributed by atoms with Crippen LogP contribution in [0.25, 0.3) is 0 Å². The first-order chi connectivity index (χ1) is 5.83. The molecule has 2 heteroatoms. The van der Waals surface area contributed by atoms with E-state index in [-0.39, 0.29) is 0 Å². The lowest BCUT2D eigenvalue weighted by molar-refractivity contribution is 0.392. The minimum absolute atomic E-state index is 0.426. The van der Waals surface area contributed by atoms with E-state index in [2.05, 4.69) is 12.2 Å². The molecule has 1 aliphatic carbocycles. The van der Waals surface area contributed by atoms with Crippen LogP contribution in [0.15, 0.2) is 22.8 Å². The van der Waals surface area contributed by atoms with Gasteiger partial charge in [-0.05, 0) is 37.4 Å². The molecule has 0 saturated heterocycles. The first-order valence-electron chi connectivity index (χ1n) is 4.53. The monoisotopic (exact) mass is 165 g/mol. The highest BCUT2D eigenvalue weighted by Gasteiger charge is 2.40. The third-order valence-electron chi connectivity index (χ3n) is 2.76. The average molecular weight is 165 g/mol. The van der Waals surface area contributed by atoms with Crippen LogP contribution in [0, 0.1) is 11.8 Å². The topological polar surface area (TPSA) is 25.2 Å². The maximum absolute atomic E-state index is 5.37. The summed E-state index contributed by atoms with van der Waals surface area (Å²) in [6.07, 6.45) is 3.07. The summed E-state index contributed by atoms with van der Waals surface area (Å²) in [7, 11) is 2.00. The number of hydrogen-bond donors (Lipinski definition) is 1. The molecular formula is C10H15NO. The molecule has 1 N–H and O–H groups in total. The van der Waals surface area contributed by atoms with Crippen molar-refractivity contribution in [1.82, 2.24) is 5.32 Å². The smallest absolute Gasteiger partial charge is 0.120 e. The van der Waals surface area contributed by atoms with Crippen LogP contribution in [-0.2, 0) is 0 Å². The molecule has 0 aliphatic heterocycles.